The van der Waals surface area contributed by atoms with E-state index in [-0.39, 0.29) is 12.0 Å². The molecule has 1 saturated carbocycles. The lowest BCUT2D eigenvalue weighted by molar-refractivity contribution is -0.150. The highest BCUT2D eigenvalue weighted by Crippen LogP contribution is 2.46. The Bertz CT molecular complexity index is 1410. The minimum atomic E-state index is -1.74. The number of aliphatic hydroxyl groups is 1. The molecule has 8 nitrogen and oxygen atoms in total. The number of methoxy groups -OCH3 is 1. The number of nitrogens with one attached hydrogen (secondary N) is 2. The summed E-state index contributed by atoms with van der Waals surface area (Å²) in [6.45, 7) is 5.13. The molecular weight excluding hydrogens is 496 g/mol. The van der Waals surface area contributed by atoms with Crippen LogP contribution >= 0.6 is 0 Å². The molecule has 4 atom stereocenters. The first-order valence-corrected chi connectivity index (χ1v) is 12.7. The van der Waals surface area contributed by atoms with Crippen LogP contribution in [0.2, 0.25) is 0 Å². The van der Waals surface area contributed by atoms with Crippen LogP contribution in [0, 0.1) is 25.7 Å². The van der Waals surface area contributed by atoms with Gasteiger partial charge in [0.15, 0.2) is 0 Å². The van der Waals surface area contributed by atoms with E-state index in [0.717, 1.165) is 11.1 Å². The average Bonchev–Trinajstić information content (AvgIpc) is 2.89. The van der Waals surface area contributed by atoms with Gasteiger partial charge in [0.25, 0.3) is 0 Å². The number of rotatable bonds is 6. The molecular formula is C31H32N2O6. The number of anilines is 2. The summed E-state index contributed by atoms with van der Waals surface area (Å²) in [7, 11) is 1.27. The quantitative estimate of drug-likeness (QED) is 0.322. The van der Waals surface area contributed by atoms with Gasteiger partial charge in [-0.25, -0.2) is 4.79 Å². The van der Waals surface area contributed by atoms with Gasteiger partial charge < -0.3 is 20.5 Å². The summed E-state index contributed by atoms with van der Waals surface area (Å²) in [6.07, 6.45) is -0.374. The molecule has 39 heavy (non-hydrogen) atoms. The van der Waals surface area contributed by atoms with Gasteiger partial charge in [-0.05, 0) is 61.7 Å². The zero-order chi connectivity index (χ0) is 28.3. The molecule has 0 aromatic heterocycles. The van der Waals surface area contributed by atoms with E-state index in [9.17, 15) is 24.3 Å². The van der Waals surface area contributed by atoms with Crippen molar-refractivity contribution in [2.45, 2.75) is 38.7 Å². The summed E-state index contributed by atoms with van der Waals surface area (Å²) in [5, 5.41) is 17.2. The Morgan fingerprint density at radius 3 is 1.87 bits per heavy atom. The van der Waals surface area contributed by atoms with Crippen LogP contribution in [0.5, 0.6) is 0 Å². The molecule has 202 valence electrons. The Labute approximate surface area is 227 Å². The number of aryl methyl sites for hydroxylation is 2. The van der Waals surface area contributed by atoms with Gasteiger partial charge in [0.1, 0.15) is 11.7 Å². The third-order valence-corrected chi connectivity index (χ3v) is 7.35. The first kappa shape index (κ1) is 27.7. The van der Waals surface area contributed by atoms with E-state index >= 15 is 0 Å². The molecule has 0 spiro atoms. The zero-order valence-corrected chi connectivity index (χ0v) is 22.4. The van der Waals surface area contributed by atoms with Crippen LogP contribution in [0.3, 0.4) is 0 Å². The maximum absolute atomic E-state index is 13.8. The number of esters is 1. The van der Waals surface area contributed by atoms with Crippen molar-refractivity contribution in [3.05, 3.63) is 95.1 Å². The second kappa shape index (κ2) is 11.2. The smallest absolute Gasteiger partial charge is 0.337 e. The van der Waals surface area contributed by atoms with E-state index in [1.807, 2.05) is 38.1 Å². The third kappa shape index (κ3) is 5.76. The SMILES string of the molecule is COC(=O)c1ccc(C2C(C(=O)Nc3ccccc3C)C(=O)CC(C)(O)C2C(=O)Nc2ccccc2C)cc1. The Morgan fingerprint density at radius 2 is 1.36 bits per heavy atom. The Kier molecular flexibility index (Phi) is 7.97. The fourth-order valence-corrected chi connectivity index (χ4v) is 5.30. The molecule has 8 heteroatoms. The molecule has 0 saturated heterocycles. The van der Waals surface area contributed by atoms with Crippen molar-refractivity contribution in [3.8, 4) is 0 Å². The van der Waals surface area contributed by atoms with Crippen molar-refractivity contribution < 1.29 is 29.0 Å². The Balaban J connectivity index is 1.80. The highest BCUT2D eigenvalue weighted by atomic mass is 16.5. The minimum absolute atomic E-state index is 0.275. The van der Waals surface area contributed by atoms with Crippen LogP contribution < -0.4 is 10.6 Å². The monoisotopic (exact) mass is 528 g/mol. The summed E-state index contributed by atoms with van der Waals surface area (Å²) >= 11 is 0. The molecule has 0 bridgehead atoms. The highest BCUT2D eigenvalue weighted by molar-refractivity contribution is 6.10. The van der Waals surface area contributed by atoms with Gasteiger partial charge >= 0.3 is 5.97 Å². The fourth-order valence-electron chi connectivity index (χ4n) is 5.30. The standard InChI is InChI=1S/C31H32N2O6/c1-18-9-5-7-11-22(18)32-28(35)26-24(34)17-31(3,38)27(29(36)33-23-12-8-6-10-19(23)2)25(26)20-13-15-21(16-14-20)30(37)39-4/h5-16,25-27,38H,17H2,1-4H3,(H,32,35)(H,33,36). The molecule has 1 aliphatic rings. The Hall–Kier alpha value is -4.30. The number of benzene rings is 3. The molecule has 1 fully saturated rings. The zero-order valence-electron chi connectivity index (χ0n) is 22.4. The van der Waals surface area contributed by atoms with E-state index in [1.165, 1.54) is 26.2 Å². The van der Waals surface area contributed by atoms with Gasteiger partial charge in [0.2, 0.25) is 11.8 Å². The van der Waals surface area contributed by atoms with Crippen LogP contribution in [0.15, 0.2) is 72.8 Å². The lowest BCUT2D eigenvalue weighted by atomic mass is 9.61. The normalized spacial score (nSPS) is 22.6. The molecule has 4 rings (SSSR count). The van der Waals surface area contributed by atoms with Crippen LogP contribution in [-0.4, -0.2) is 41.4 Å². The second-order valence-corrected chi connectivity index (χ2v) is 10.2. The van der Waals surface area contributed by atoms with Crippen molar-refractivity contribution in [1.82, 2.24) is 0 Å². The number of hydrogen-bond acceptors (Lipinski definition) is 6. The van der Waals surface area contributed by atoms with Crippen molar-refractivity contribution in [1.29, 1.82) is 0 Å². The van der Waals surface area contributed by atoms with Crippen LogP contribution in [0.1, 0.15) is 46.3 Å². The Morgan fingerprint density at radius 1 is 0.846 bits per heavy atom. The molecule has 3 aromatic carbocycles. The third-order valence-electron chi connectivity index (χ3n) is 7.35. The lowest BCUT2D eigenvalue weighted by Crippen LogP contribution is -2.56. The summed E-state index contributed by atoms with van der Waals surface area (Å²) in [5.41, 5.74) is 1.75. The maximum atomic E-state index is 13.8. The molecule has 1 aliphatic carbocycles. The number of Topliss-reactive ketones (excluding diaryl/α,β-unsaturated/α-hetero) is 1. The van der Waals surface area contributed by atoms with Crippen molar-refractivity contribution in [2.75, 3.05) is 17.7 Å². The number of ketones is 1. The number of para-hydroxylation sites is 2. The lowest BCUT2D eigenvalue weighted by Gasteiger charge is -2.44. The maximum Gasteiger partial charge on any atom is 0.337 e. The number of ether oxygens (including phenoxy) is 1. The average molecular weight is 529 g/mol. The first-order chi connectivity index (χ1) is 18.5. The molecule has 3 aromatic rings. The number of carbonyl (C=O) groups is 4. The molecule has 3 N–H and O–H groups in total. The number of carbonyl (C=O) groups excluding carboxylic acids is 4. The summed E-state index contributed by atoms with van der Waals surface area (Å²) in [6, 6.07) is 20.6. The van der Waals surface area contributed by atoms with E-state index < -0.39 is 46.9 Å². The minimum Gasteiger partial charge on any atom is -0.465 e. The van der Waals surface area contributed by atoms with Gasteiger partial charge in [0, 0.05) is 23.7 Å². The van der Waals surface area contributed by atoms with Crippen LogP contribution in [0.4, 0.5) is 11.4 Å². The van der Waals surface area contributed by atoms with Crippen molar-refractivity contribution in [3.63, 3.8) is 0 Å². The fraction of sp³-hybridized carbons (Fsp3) is 0.290. The van der Waals surface area contributed by atoms with Gasteiger partial charge in [-0.1, -0.05) is 48.5 Å². The van der Waals surface area contributed by atoms with Gasteiger partial charge in [0.05, 0.1) is 24.2 Å². The largest absolute Gasteiger partial charge is 0.465 e. The van der Waals surface area contributed by atoms with E-state index in [4.69, 9.17) is 4.74 Å². The molecule has 4 unspecified atom stereocenters. The topological polar surface area (TPSA) is 122 Å². The van der Waals surface area contributed by atoms with Crippen molar-refractivity contribution in [2.24, 2.45) is 11.8 Å². The van der Waals surface area contributed by atoms with E-state index in [1.54, 1.807) is 36.4 Å². The van der Waals surface area contributed by atoms with E-state index in [0.29, 0.717) is 16.9 Å². The number of hydrogen-bond donors (Lipinski definition) is 3. The molecule has 0 radical (unpaired) electrons. The van der Waals surface area contributed by atoms with Crippen molar-refractivity contribution >= 4 is 34.9 Å². The summed E-state index contributed by atoms with van der Waals surface area (Å²) in [5.74, 6) is -5.55. The van der Waals surface area contributed by atoms with Gasteiger partial charge in [-0.3, -0.25) is 14.4 Å². The molecule has 2 amide bonds. The van der Waals surface area contributed by atoms with Crippen LogP contribution in [0.25, 0.3) is 0 Å². The predicted octanol–water partition coefficient (Wildman–Crippen LogP) is 4.41. The van der Waals surface area contributed by atoms with E-state index in [2.05, 4.69) is 10.6 Å². The summed E-state index contributed by atoms with van der Waals surface area (Å²) in [4.78, 5) is 53.1. The highest BCUT2D eigenvalue weighted by Gasteiger charge is 2.56. The molecule has 0 aliphatic heterocycles. The first-order valence-electron chi connectivity index (χ1n) is 12.7. The van der Waals surface area contributed by atoms with Gasteiger partial charge in [-0.15, -0.1) is 0 Å². The molecule has 0 heterocycles. The summed E-state index contributed by atoms with van der Waals surface area (Å²) < 4.78 is 4.78. The van der Waals surface area contributed by atoms with Crippen LogP contribution in [-0.2, 0) is 19.1 Å². The predicted molar refractivity (Wildman–Crippen MR) is 147 cm³/mol. The number of amides is 2. The second-order valence-electron chi connectivity index (χ2n) is 10.2. The van der Waals surface area contributed by atoms with Gasteiger partial charge in [-0.2, -0.15) is 0 Å².